The smallest absolute Gasteiger partial charge is 0.271 e. The molecule has 0 saturated carbocycles. The number of hydrogen-bond donors (Lipinski definition) is 2. The highest BCUT2D eigenvalue weighted by Gasteiger charge is 2.07. The largest absolute Gasteiger partial charge is 0.372 e. The summed E-state index contributed by atoms with van der Waals surface area (Å²) < 4.78 is 0. The van der Waals surface area contributed by atoms with Crippen molar-refractivity contribution in [1.29, 1.82) is 0 Å². The third-order valence-electron chi connectivity index (χ3n) is 2.97. The molecule has 0 aromatic carbocycles. The highest BCUT2D eigenvalue weighted by atomic mass is 16.1. The highest BCUT2D eigenvalue weighted by molar-refractivity contribution is 5.91. The molecule has 0 bridgehead atoms. The summed E-state index contributed by atoms with van der Waals surface area (Å²) in [6, 6.07) is 0. The number of aromatic nitrogens is 2. The quantitative estimate of drug-likeness (QED) is 0.686. The van der Waals surface area contributed by atoms with Gasteiger partial charge in [0.15, 0.2) is 0 Å². The van der Waals surface area contributed by atoms with Crippen LogP contribution in [0.4, 0.5) is 5.82 Å². The number of carbonyl (C=O) groups excluding carboxylic acids is 1. The molecule has 19 heavy (non-hydrogen) atoms. The maximum atomic E-state index is 11.8. The van der Waals surface area contributed by atoms with Crippen LogP contribution in [0.3, 0.4) is 0 Å². The summed E-state index contributed by atoms with van der Waals surface area (Å²) in [6.07, 6.45) is 3.96. The molecule has 6 heteroatoms. The molecule has 0 unspecified atom stereocenters. The van der Waals surface area contributed by atoms with E-state index >= 15 is 0 Å². The lowest BCUT2D eigenvalue weighted by Gasteiger charge is -2.17. The predicted molar refractivity (Wildman–Crippen MR) is 76.3 cm³/mol. The van der Waals surface area contributed by atoms with Gasteiger partial charge >= 0.3 is 0 Å². The van der Waals surface area contributed by atoms with Gasteiger partial charge in [0.2, 0.25) is 0 Å². The molecule has 0 aliphatic heterocycles. The van der Waals surface area contributed by atoms with Crippen molar-refractivity contribution in [2.24, 2.45) is 0 Å². The molecule has 0 saturated heterocycles. The molecule has 1 aromatic rings. The number of hydrogen-bond acceptors (Lipinski definition) is 5. The number of nitrogens with zero attached hydrogens (tertiary/aromatic N) is 3. The summed E-state index contributed by atoms with van der Waals surface area (Å²) in [5, 5.41) is 5.71. The second-order valence-corrected chi connectivity index (χ2v) is 4.17. The van der Waals surface area contributed by atoms with Crippen molar-refractivity contribution in [3.8, 4) is 0 Å². The van der Waals surface area contributed by atoms with E-state index in [9.17, 15) is 4.79 Å². The van der Waals surface area contributed by atoms with Gasteiger partial charge in [-0.15, -0.1) is 0 Å². The van der Waals surface area contributed by atoms with Gasteiger partial charge in [0.05, 0.1) is 12.4 Å². The fourth-order valence-electron chi connectivity index (χ4n) is 1.71. The Morgan fingerprint density at radius 1 is 1.26 bits per heavy atom. The summed E-state index contributed by atoms with van der Waals surface area (Å²) >= 11 is 0. The Morgan fingerprint density at radius 3 is 2.53 bits per heavy atom. The zero-order valence-electron chi connectivity index (χ0n) is 11.9. The van der Waals surface area contributed by atoms with Crippen LogP contribution in [0.25, 0.3) is 0 Å². The fourth-order valence-corrected chi connectivity index (χ4v) is 1.71. The number of rotatable bonds is 8. The Balaban J connectivity index is 2.30. The van der Waals surface area contributed by atoms with Gasteiger partial charge in [0.1, 0.15) is 11.5 Å². The monoisotopic (exact) mass is 265 g/mol. The summed E-state index contributed by atoms with van der Waals surface area (Å²) in [7, 11) is 1.76. The molecule has 1 aromatic heterocycles. The zero-order chi connectivity index (χ0) is 14.1. The lowest BCUT2D eigenvalue weighted by Crippen LogP contribution is -2.30. The summed E-state index contributed by atoms with van der Waals surface area (Å²) in [5.74, 6) is 0.479. The van der Waals surface area contributed by atoms with Crippen molar-refractivity contribution in [2.75, 3.05) is 38.5 Å². The van der Waals surface area contributed by atoms with Crippen LogP contribution in [0.2, 0.25) is 0 Å². The molecule has 106 valence electrons. The average Bonchev–Trinajstić information content (AvgIpc) is 2.47. The van der Waals surface area contributed by atoms with Gasteiger partial charge in [-0.05, 0) is 26.1 Å². The zero-order valence-corrected chi connectivity index (χ0v) is 11.9. The predicted octanol–water partition coefficient (Wildman–Crippen LogP) is 0.980. The van der Waals surface area contributed by atoms with Gasteiger partial charge in [-0.2, -0.15) is 0 Å². The molecular weight excluding hydrogens is 242 g/mol. The second kappa shape index (κ2) is 8.42. The van der Waals surface area contributed by atoms with Crippen LogP contribution in [-0.2, 0) is 0 Å². The van der Waals surface area contributed by atoms with E-state index in [-0.39, 0.29) is 5.91 Å². The minimum atomic E-state index is -0.172. The fraction of sp³-hybridized carbons (Fsp3) is 0.615. The van der Waals surface area contributed by atoms with Crippen molar-refractivity contribution in [3.05, 3.63) is 18.1 Å². The SMILES string of the molecule is CCN(CC)CCCNC(=O)c1cnc(NC)cn1. The number of carbonyl (C=O) groups is 1. The molecule has 2 N–H and O–H groups in total. The van der Waals surface area contributed by atoms with Crippen molar-refractivity contribution in [1.82, 2.24) is 20.2 Å². The van der Waals surface area contributed by atoms with Crippen LogP contribution >= 0.6 is 0 Å². The molecular formula is C13H23N5O. The Kier molecular flexibility index (Phi) is 6.81. The van der Waals surface area contributed by atoms with Gasteiger partial charge in [-0.3, -0.25) is 4.79 Å². The lowest BCUT2D eigenvalue weighted by molar-refractivity contribution is 0.0946. The van der Waals surface area contributed by atoms with Crippen molar-refractivity contribution < 1.29 is 4.79 Å². The summed E-state index contributed by atoms with van der Waals surface area (Å²) in [6.45, 7) is 8.02. The molecule has 0 aliphatic carbocycles. The lowest BCUT2D eigenvalue weighted by atomic mass is 10.3. The molecule has 0 spiro atoms. The number of anilines is 1. The van der Waals surface area contributed by atoms with E-state index in [1.807, 2.05) is 0 Å². The molecule has 0 atom stereocenters. The van der Waals surface area contributed by atoms with E-state index in [4.69, 9.17) is 0 Å². The van der Waals surface area contributed by atoms with Crippen LogP contribution in [0.1, 0.15) is 30.8 Å². The van der Waals surface area contributed by atoms with Crippen molar-refractivity contribution >= 4 is 11.7 Å². The maximum absolute atomic E-state index is 11.8. The van der Waals surface area contributed by atoms with E-state index in [1.54, 1.807) is 13.2 Å². The normalized spacial score (nSPS) is 10.5. The first-order chi connectivity index (χ1) is 9.21. The number of nitrogens with one attached hydrogen (secondary N) is 2. The Hall–Kier alpha value is -1.69. The van der Waals surface area contributed by atoms with E-state index < -0.39 is 0 Å². The standard InChI is InChI=1S/C13H23N5O/c1-4-18(5-2)8-6-7-15-13(19)11-9-17-12(14-3)10-16-11/h9-10H,4-8H2,1-3H3,(H,14,17)(H,15,19). The molecule has 0 fully saturated rings. The first-order valence-corrected chi connectivity index (χ1v) is 6.71. The maximum Gasteiger partial charge on any atom is 0.271 e. The van der Waals surface area contributed by atoms with E-state index in [0.717, 1.165) is 26.1 Å². The highest BCUT2D eigenvalue weighted by Crippen LogP contribution is 1.99. The molecule has 0 aliphatic rings. The first kappa shape index (κ1) is 15.4. The summed E-state index contributed by atoms with van der Waals surface area (Å²) in [5.41, 5.74) is 0.349. The summed E-state index contributed by atoms with van der Waals surface area (Å²) in [4.78, 5) is 22.2. The topological polar surface area (TPSA) is 70.2 Å². The van der Waals surface area contributed by atoms with E-state index in [1.165, 1.54) is 6.20 Å². The molecule has 1 rings (SSSR count). The number of amides is 1. The van der Waals surface area contributed by atoms with Crippen LogP contribution < -0.4 is 10.6 Å². The molecule has 6 nitrogen and oxygen atoms in total. The van der Waals surface area contributed by atoms with Gasteiger partial charge in [0, 0.05) is 13.6 Å². The van der Waals surface area contributed by atoms with E-state index in [0.29, 0.717) is 18.1 Å². The van der Waals surface area contributed by atoms with Crippen molar-refractivity contribution in [2.45, 2.75) is 20.3 Å². The van der Waals surface area contributed by atoms with Gasteiger partial charge in [-0.1, -0.05) is 13.8 Å². The molecule has 0 radical (unpaired) electrons. The van der Waals surface area contributed by atoms with Crippen LogP contribution in [0, 0.1) is 0 Å². The van der Waals surface area contributed by atoms with Crippen molar-refractivity contribution in [3.63, 3.8) is 0 Å². The minimum absolute atomic E-state index is 0.172. The van der Waals surface area contributed by atoms with E-state index in [2.05, 4.69) is 39.3 Å². The Bertz CT molecular complexity index is 375. The third-order valence-corrected chi connectivity index (χ3v) is 2.97. The third kappa shape index (κ3) is 5.21. The van der Waals surface area contributed by atoms with Gasteiger partial charge < -0.3 is 15.5 Å². The van der Waals surface area contributed by atoms with Crippen LogP contribution in [0.15, 0.2) is 12.4 Å². The Morgan fingerprint density at radius 2 is 2.00 bits per heavy atom. The molecule has 1 heterocycles. The average molecular weight is 265 g/mol. The molecule has 1 amide bonds. The van der Waals surface area contributed by atoms with Gasteiger partial charge in [-0.25, -0.2) is 9.97 Å². The van der Waals surface area contributed by atoms with Gasteiger partial charge in [0.25, 0.3) is 5.91 Å². The van der Waals surface area contributed by atoms with Crippen LogP contribution in [0.5, 0.6) is 0 Å². The minimum Gasteiger partial charge on any atom is -0.372 e. The second-order valence-electron chi connectivity index (χ2n) is 4.17. The first-order valence-electron chi connectivity index (χ1n) is 6.71. The Labute approximate surface area is 114 Å². The van der Waals surface area contributed by atoms with Crippen LogP contribution in [-0.4, -0.2) is 54.0 Å².